The Labute approximate surface area is 140 Å². The van der Waals surface area contributed by atoms with Gasteiger partial charge in [0, 0.05) is 19.6 Å². The van der Waals surface area contributed by atoms with Crippen molar-refractivity contribution in [2.75, 3.05) is 19.7 Å². The number of hydrogen-bond donors (Lipinski definition) is 1. The van der Waals surface area contributed by atoms with Gasteiger partial charge in [0.1, 0.15) is 5.82 Å². The van der Waals surface area contributed by atoms with Crippen LogP contribution in [0.4, 0.5) is 4.39 Å². The molecule has 6 nitrogen and oxygen atoms in total. The predicted molar refractivity (Wildman–Crippen MR) is 84.2 cm³/mol. The van der Waals surface area contributed by atoms with Gasteiger partial charge in [0.2, 0.25) is 0 Å². The third-order valence-electron chi connectivity index (χ3n) is 3.96. The largest absolute Gasteiger partial charge is 0.466 e. The van der Waals surface area contributed by atoms with Gasteiger partial charge in [0.05, 0.1) is 12.5 Å². The number of carbonyl (C=O) groups is 3. The second kappa shape index (κ2) is 8.42. The standard InChI is InChI=1S/C17H21FN2O4/c1-2-24-17(23)13-7-9-20(10-8-13)16(22)15(21)19-11-12-3-5-14(18)6-4-12/h3-6,13H,2,7-11H2,1H3,(H,19,21). The molecule has 0 unspecified atom stereocenters. The summed E-state index contributed by atoms with van der Waals surface area (Å²) in [6, 6.07) is 5.68. The van der Waals surface area contributed by atoms with E-state index >= 15 is 0 Å². The van der Waals surface area contributed by atoms with Crippen LogP contribution < -0.4 is 5.32 Å². The maximum absolute atomic E-state index is 12.8. The molecule has 0 spiro atoms. The molecule has 1 heterocycles. The van der Waals surface area contributed by atoms with E-state index in [1.54, 1.807) is 19.1 Å². The van der Waals surface area contributed by atoms with E-state index in [2.05, 4.69) is 5.32 Å². The monoisotopic (exact) mass is 336 g/mol. The summed E-state index contributed by atoms with van der Waals surface area (Å²) < 4.78 is 17.8. The summed E-state index contributed by atoms with van der Waals surface area (Å²) >= 11 is 0. The molecule has 0 radical (unpaired) electrons. The number of likely N-dealkylation sites (tertiary alicyclic amines) is 1. The molecule has 0 bridgehead atoms. The number of esters is 1. The third-order valence-corrected chi connectivity index (χ3v) is 3.96. The zero-order chi connectivity index (χ0) is 17.5. The summed E-state index contributed by atoms with van der Waals surface area (Å²) in [4.78, 5) is 37.1. The van der Waals surface area contributed by atoms with E-state index < -0.39 is 11.8 Å². The molecule has 1 aliphatic rings. The average Bonchev–Trinajstić information content (AvgIpc) is 2.60. The molecule has 1 N–H and O–H groups in total. The number of nitrogens with zero attached hydrogens (tertiary/aromatic N) is 1. The summed E-state index contributed by atoms with van der Waals surface area (Å²) in [5.41, 5.74) is 0.707. The number of piperidine rings is 1. The Hall–Kier alpha value is -2.44. The van der Waals surface area contributed by atoms with E-state index in [1.807, 2.05) is 0 Å². The highest BCUT2D eigenvalue weighted by atomic mass is 19.1. The normalized spacial score (nSPS) is 15.0. The van der Waals surface area contributed by atoms with Crippen molar-refractivity contribution in [2.24, 2.45) is 5.92 Å². The number of carbonyl (C=O) groups excluding carboxylic acids is 3. The van der Waals surface area contributed by atoms with Crippen LogP contribution in [0.5, 0.6) is 0 Å². The van der Waals surface area contributed by atoms with E-state index in [-0.39, 0.29) is 24.2 Å². The van der Waals surface area contributed by atoms with Gasteiger partial charge in [0.25, 0.3) is 0 Å². The third kappa shape index (κ3) is 4.78. The Morgan fingerprint density at radius 1 is 1.21 bits per heavy atom. The zero-order valence-corrected chi connectivity index (χ0v) is 13.6. The summed E-state index contributed by atoms with van der Waals surface area (Å²) in [5, 5.41) is 2.53. The minimum Gasteiger partial charge on any atom is -0.466 e. The van der Waals surface area contributed by atoms with Gasteiger partial charge in [-0.05, 0) is 37.5 Å². The Morgan fingerprint density at radius 3 is 2.42 bits per heavy atom. The lowest BCUT2D eigenvalue weighted by Gasteiger charge is -2.30. The van der Waals surface area contributed by atoms with Gasteiger partial charge in [-0.2, -0.15) is 0 Å². The molecule has 1 aromatic carbocycles. The van der Waals surface area contributed by atoms with Crippen LogP contribution in [-0.4, -0.2) is 42.4 Å². The van der Waals surface area contributed by atoms with Crippen LogP contribution in [0.2, 0.25) is 0 Å². The molecule has 7 heteroatoms. The first-order valence-corrected chi connectivity index (χ1v) is 7.99. The first kappa shape index (κ1) is 17.9. The van der Waals surface area contributed by atoms with Crippen LogP contribution in [0.3, 0.4) is 0 Å². The Kier molecular flexibility index (Phi) is 6.28. The minimum atomic E-state index is -0.700. The molecule has 1 aromatic rings. The van der Waals surface area contributed by atoms with Crippen LogP contribution in [0, 0.1) is 11.7 Å². The first-order valence-electron chi connectivity index (χ1n) is 7.99. The molecule has 0 atom stereocenters. The Bertz CT molecular complexity index is 595. The number of hydrogen-bond acceptors (Lipinski definition) is 4. The van der Waals surface area contributed by atoms with Gasteiger partial charge in [-0.15, -0.1) is 0 Å². The predicted octanol–water partition coefficient (Wildman–Crippen LogP) is 1.24. The fraction of sp³-hybridized carbons (Fsp3) is 0.471. The highest BCUT2D eigenvalue weighted by molar-refractivity contribution is 6.35. The van der Waals surface area contributed by atoms with Crippen LogP contribution in [-0.2, 0) is 25.7 Å². The molecule has 1 fully saturated rings. The number of amides is 2. The van der Waals surface area contributed by atoms with Crippen molar-refractivity contribution in [1.29, 1.82) is 0 Å². The second-order valence-corrected chi connectivity index (χ2v) is 5.63. The summed E-state index contributed by atoms with van der Waals surface area (Å²) in [5.74, 6) is -2.12. The SMILES string of the molecule is CCOC(=O)C1CCN(C(=O)C(=O)NCc2ccc(F)cc2)CC1. The Balaban J connectivity index is 1.78. The van der Waals surface area contributed by atoms with E-state index in [4.69, 9.17) is 4.74 Å². The van der Waals surface area contributed by atoms with Crippen molar-refractivity contribution in [3.63, 3.8) is 0 Å². The zero-order valence-electron chi connectivity index (χ0n) is 13.6. The number of halogens is 1. The maximum atomic E-state index is 12.8. The summed E-state index contributed by atoms with van der Waals surface area (Å²) in [6.07, 6.45) is 0.992. The van der Waals surface area contributed by atoms with Crippen LogP contribution >= 0.6 is 0 Å². The molecule has 130 valence electrons. The van der Waals surface area contributed by atoms with Gasteiger partial charge in [-0.3, -0.25) is 14.4 Å². The lowest BCUT2D eigenvalue weighted by molar-refractivity contribution is -0.152. The molecule has 2 rings (SSSR count). The molecule has 24 heavy (non-hydrogen) atoms. The van der Waals surface area contributed by atoms with E-state index in [0.29, 0.717) is 38.1 Å². The van der Waals surface area contributed by atoms with Gasteiger partial charge >= 0.3 is 17.8 Å². The molecule has 1 saturated heterocycles. The number of rotatable bonds is 4. The highest BCUT2D eigenvalue weighted by Crippen LogP contribution is 2.18. The van der Waals surface area contributed by atoms with E-state index in [1.165, 1.54) is 17.0 Å². The van der Waals surface area contributed by atoms with Crippen LogP contribution in [0.15, 0.2) is 24.3 Å². The Morgan fingerprint density at radius 2 is 1.83 bits per heavy atom. The second-order valence-electron chi connectivity index (χ2n) is 5.63. The lowest BCUT2D eigenvalue weighted by Crippen LogP contribution is -2.47. The smallest absolute Gasteiger partial charge is 0.311 e. The topological polar surface area (TPSA) is 75.7 Å². The lowest BCUT2D eigenvalue weighted by atomic mass is 9.97. The fourth-order valence-corrected chi connectivity index (χ4v) is 2.58. The van der Waals surface area contributed by atoms with Crippen molar-refractivity contribution in [1.82, 2.24) is 10.2 Å². The number of benzene rings is 1. The van der Waals surface area contributed by atoms with Crippen molar-refractivity contribution in [3.05, 3.63) is 35.6 Å². The molecular weight excluding hydrogens is 315 g/mol. The fourth-order valence-electron chi connectivity index (χ4n) is 2.58. The molecule has 0 saturated carbocycles. The molecule has 0 aromatic heterocycles. The average molecular weight is 336 g/mol. The van der Waals surface area contributed by atoms with Crippen LogP contribution in [0.25, 0.3) is 0 Å². The van der Waals surface area contributed by atoms with Crippen molar-refractivity contribution >= 4 is 17.8 Å². The molecular formula is C17H21FN2O4. The van der Waals surface area contributed by atoms with Gasteiger partial charge in [0.15, 0.2) is 0 Å². The highest BCUT2D eigenvalue weighted by Gasteiger charge is 2.30. The van der Waals surface area contributed by atoms with Gasteiger partial charge in [-0.25, -0.2) is 4.39 Å². The molecule has 2 amide bonds. The van der Waals surface area contributed by atoms with Crippen molar-refractivity contribution < 1.29 is 23.5 Å². The quantitative estimate of drug-likeness (QED) is 0.663. The number of nitrogens with one attached hydrogen (secondary N) is 1. The van der Waals surface area contributed by atoms with Gasteiger partial charge < -0.3 is 15.0 Å². The van der Waals surface area contributed by atoms with E-state index in [9.17, 15) is 18.8 Å². The minimum absolute atomic E-state index is 0.157. The van der Waals surface area contributed by atoms with E-state index in [0.717, 1.165) is 0 Å². The van der Waals surface area contributed by atoms with Crippen molar-refractivity contribution in [3.8, 4) is 0 Å². The molecule has 1 aliphatic heterocycles. The first-order chi connectivity index (χ1) is 11.5. The van der Waals surface area contributed by atoms with Crippen LogP contribution in [0.1, 0.15) is 25.3 Å². The van der Waals surface area contributed by atoms with Crippen molar-refractivity contribution in [2.45, 2.75) is 26.3 Å². The van der Waals surface area contributed by atoms with Gasteiger partial charge in [-0.1, -0.05) is 12.1 Å². The summed E-state index contributed by atoms with van der Waals surface area (Å²) in [6.45, 7) is 2.95. The summed E-state index contributed by atoms with van der Waals surface area (Å²) in [7, 11) is 0. The molecule has 0 aliphatic carbocycles. The maximum Gasteiger partial charge on any atom is 0.311 e. The number of ether oxygens (including phenoxy) is 1.